The Hall–Kier alpha value is -3.03. The van der Waals surface area contributed by atoms with Gasteiger partial charge in [-0.25, -0.2) is 0 Å². The minimum absolute atomic E-state index is 0.203. The number of rotatable bonds is 3. The summed E-state index contributed by atoms with van der Waals surface area (Å²) < 4.78 is 0. The lowest BCUT2D eigenvalue weighted by molar-refractivity contribution is -0.385. The molecule has 1 saturated heterocycles. The highest BCUT2D eigenvalue weighted by atomic mass is 16.6. The molecule has 0 spiro atoms. The minimum atomic E-state index is -0.856. The molecule has 23 heavy (non-hydrogen) atoms. The fourth-order valence-corrected chi connectivity index (χ4v) is 2.90. The summed E-state index contributed by atoms with van der Waals surface area (Å²) >= 11 is 0. The monoisotopic (exact) mass is 315 g/mol. The summed E-state index contributed by atoms with van der Waals surface area (Å²) in [5.74, 6) is -2.75. The summed E-state index contributed by atoms with van der Waals surface area (Å²) in [4.78, 5) is 47.0. The molecular weight excluding hydrogens is 302 g/mol. The van der Waals surface area contributed by atoms with Crippen molar-refractivity contribution in [3.8, 4) is 0 Å². The van der Waals surface area contributed by atoms with Crippen molar-refractivity contribution in [2.24, 2.45) is 11.8 Å². The number of nitro groups is 1. The maximum Gasteiger partial charge on any atom is 0.282 e. The summed E-state index contributed by atoms with van der Waals surface area (Å²) in [6, 6.07) is 5.36. The van der Waals surface area contributed by atoms with Crippen molar-refractivity contribution in [3.63, 3.8) is 0 Å². The van der Waals surface area contributed by atoms with E-state index in [4.69, 9.17) is 0 Å². The molecular formula is C15H13N3O5. The molecule has 2 aliphatic rings. The second-order valence-electron chi connectivity index (χ2n) is 5.38. The van der Waals surface area contributed by atoms with Crippen molar-refractivity contribution in [2.75, 3.05) is 0 Å². The Balaban J connectivity index is 1.83. The Morgan fingerprint density at radius 1 is 1.13 bits per heavy atom. The molecule has 3 rings (SSSR count). The maximum atomic E-state index is 12.3. The van der Waals surface area contributed by atoms with Crippen molar-refractivity contribution in [1.29, 1.82) is 0 Å². The molecule has 1 fully saturated rings. The first-order valence-electron chi connectivity index (χ1n) is 7.08. The molecule has 1 N–H and O–H groups in total. The first-order valence-corrected chi connectivity index (χ1v) is 7.08. The fourth-order valence-electron chi connectivity index (χ4n) is 2.90. The van der Waals surface area contributed by atoms with Gasteiger partial charge in [0.05, 0.1) is 16.8 Å². The van der Waals surface area contributed by atoms with Gasteiger partial charge in [0.15, 0.2) is 0 Å². The van der Waals surface area contributed by atoms with E-state index in [0.717, 1.165) is 0 Å². The lowest BCUT2D eigenvalue weighted by Crippen LogP contribution is -2.46. The summed E-state index contributed by atoms with van der Waals surface area (Å²) in [5, 5.41) is 11.7. The predicted molar refractivity (Wildman–Crippen MR) is 77.8 cm³/mol. The Bertz CT molecular complexity index is 716. The van der Waals surface area contributed by atoms with E-state index < -0.39 is 34.5 Å². The van der Waals surface area contributed by atoms with Crippen LogP contribution in [-0.2, 0) is 9.59 Å². The van der Waals surface area contributed by atoms with E-state index in [-0.39, 0.29) is 11.3 Å². The van der Waals surface area contributed by atoms with Gasteiger partial charge in [-0.1, -0.05) is 24.3 Å². The number of amides is 3. The summed E-state index contributed by atoms with van der Waals surface area (Å²) in [7, 11) is 0. The molecule has 118 valence electrons. The number of nitrogens with one attached hydrogen (secondary N) is 1. The third-order valence-electron chi connectivity index (χ3n) is 4.07. The van der Waals surface area contributed by atoms with Gasteiger partial charge in [-0.3, -0.25) is 29.9 Å². The molecule has 0 radical (unpaired) electrons. The van der Waals surface area contributed by atoms with Crippen LogP contribution in [0.2, 0.25) is 0 Å². The second-order valence-corrected chi connectivity index (χ2v) is 5.38. The number of allylic oxidation sites excluding steroid dienone is 2. The lowest BCUT2D eigenvalue weighted by atomic mass is 9.85. The number of benzene rings is 1. The molecule has 2 atom stereocenters. The number of carbonyl (C=O) groups excluding carboxylic acids is 3. The van der Waals surface area contributed by atoms with Gasteiger partial charge in [-0.05, 0) is 18.9 Å². The molecule has 8 heteroatoms. The zero-order valence-corrected chi connectivity index (χ0v) is 12.0. The molecule has 1 aliphatic heterocycles. The van der Waals surface area contributed by atoms with Crippen molar-refractivity contribution in [2.45, 2.75) is 12.8 Å². The number of hydrazine groups is 1. The molecule has 1 aliphatic carbocycles. The van der Waals surface area contributed by atoms with Crippen molar-refractivity contribution >= 4 is 23.4 Å². The molecule has 1 aromatic rings. The molecule has 1 aromatic carbocycles. The number of nitro benzene ring substituents is 1. The van der Waals surface area contributed by atoms with Gasteiger partial charge < -0.3 is 0 Å². The molecule has 0 unspecified atom stereocenters. The predicted octanol–water partition coefficient (Wildman–Crippen LogP) is 1.19. The SMILES string of the molecule is O=C(NN1C(=O)[C@H]2CC=CC[C@@H]2C1=O)c1ccccc1[N+](=O)[O-]. The van der Waals surface area contributed by atoms with Crippen LogP contribution in [0.5, 0.6) is 0 Å². The largest absolute Gasteiger partial charge is 0.282 e. The third-order valence-corrected chi connectivity index (χ3v) is 4.07. The zero-order chi connectivity index (χ0) is 16.6. The van der Waals surface area contributed by atoms with Gasteiger partial charge in [-0.2, -0.15) is 5.01 Å². The topological polar surface area (TPSA) is 110 Å². The van der Waals surface area contributed by atoms with Crippen molar-refractivity contribution < 1.29 is 19.3 Å². The lowest BCUT2D eigenvalue weighted by Gasteiger charge is -2.15. The number of hydrogen-bond donors (Lipinski definition) is 1. The van der Waals surface area contributed by atoms with Crippen LogP contribution in [0.15, 0.2) is 36.4 Å². The van der Waals surface area contributed by atoms with E-state index in [9.17, 15) is 24.5 Å². The fraction of sp³-hybridized carbons (Fsp3) is 0.267. The Morgan fingerprint density at radius 2 is 1.70 bits per heavy atom. The van der Waals surface area contributed by atoms with Crippen LogP contribution in [0.3, 0.4) is 0 Å². The second kappa shape index (κ2) is 5.64. The highest BCUT2D eigenvalue weighted by Crippen LogP contribution is 2.34. The number of fused-ring (bicyclic) bond motifs is 1. The standard InChI is InChI=1S/C15H13N3O5/c19-13(11-7-3-4-8-12(11)18(22)23)16-17-14(20)9-5-1-2-6-10(9)15(17)21/h1-4,7-10H,5-6H2,(H,16,19)/t9-,10-/m0/s1. The van der Waals surface area contributed by atoms with Gasteiger partial charge in [0.2, 0.25) is 0 Å². The molecule has 3 amide bonds. The minimum Gasteiger partial charge on any atom is -0.272 e. The Labute approximate surface area is 130 Å². The first kappa shape index (κ1) is 14.9. The number of carbonyl (C=O) groups is 3. The zero-order valence-electron chi connectivity index (χ0n) is 12.0. The van der Waals surface area contributed by atoms with Gasteiger partial charge in [0.1, 0.15) is 5.56 Å². The van der Waals surface area contributed by atoms with Crippen LogP contribution in [0, 0.1) is 22.0 Å². The van der Waals surface area contributed by atoms with Gasteiger partial charge in [0.25, 0.3) is 23.4 Å². The van der Waals surface area contributed by atoms with E-state index in [1.165, 1.54) is 24.3 Å². The Kier molecular flexibility index (Phi) is 3.65. The maximum absolute atomic E-state index is 12.3. The number of nitrogens with zero attached hydrogens (tertiary/aromatic N) is 2. The van der Waals surface area contributed by atoms with E-state index in [2.05, 4.69) is 5.43 Å². The van der Waals surface area contributed by atoms with E-state index in [1.807, 2.05) is 12.2 Å². The van der Waals surface area contributed by atoms with Crippen LogP contribution in [0.4, 0.5) is 5.69 Å². The van der Waals surface area contributed by atoms with Gasteiger partial charge in [0, 0.05) is 6.07 Å². The normalized spacial score (nSPS) is 22.9. The molecule has 0 aromatic heterocycles. The van der Waals surface area contributed by atoms with E-state index >= 15 is 0 Å². The molecule has 1 heterocycles. The number of imide groups is 1. The Morgan fingerprint density at radius 3 is 2.26 bits per heavy atom. The quantitative estimate of drug-likeness (QED) is 0.390. The van der Waals surface area contributed by atoms with Crippen LogP contribution < -0.4 is 5.43 Å². The van der Waals surface area contributed by atoms with Crippen LogP contribution in [-0.4, -0.2) is 27.7 Å². The van der Waals surface area contributed by atoms with E-state index in [1.54, 1.807) is 0 Å². The number of para-hydroxylation sites is 1. The average Bonchev–Trinajstić information content (AvgIpc) is 2.80. The van der Waals surface area contributed by atoms with Crippen LogP contribution in [0.1, 0.15) is 23.2 Å². The van der Waals surface area contributed by atoms with Crippen LogP contribution >= 0.6 is 0 Å². The highest BCUT2D eigenvalue weighted by Gasteiger charge is 2.48. The molecule has 0 saturated carbocycles. The van der Waals surface area contributed by atoms with Gasteiger partial charge in [-0.15, -0.1) is 0 Å². The van der Waals surface area contributed by atoms with Gasteiger partial charge >= 0.3 is 0 Å². The summed E-state index contributed by atoms with van der Waals surface area (Å²) in [6.07, 6.45) is 4.57. The van der Waals surface area contributed by atoms with Crippen molar-refractivity contribution in [1.82, 2.24) is 10.4 Å². The average molecular weight is 315 g/mol. The molecule has 0 bridgehead atoms. The van der Waals surface area contributed by atoms with Crippen molar-refractivity contribution in [3.05, 3.63) is 52.1 Å². The first-order chi connectivity index (χ1) is 11.0. The highest BCUT2D eigenvalue weighted by molar-refractivity contribution is 6.08. The third kappa shape index (κ3) is 2.48. The smallest absolute Gasteiger partial charge is 0.272 e. The summed E-state index contributed by atoms with van der Waals surface area (Å²) in [5.41, 5.74) is 1.62. The van der Waals surface area contributed by atoms with E-state index in [0.29, 0.717) is 17.9 Å². The molecule has 8 nitrogen and oxygen atoms in total. The number of hydrogen-bond acceptors (Lipinski definition) is 5. The van der Waals surface area contributed by atoms with Crippen LogP contribution in [0.25, 0.3) is 0 Å². The summed E-state index contributed by atoms with van der Waals surface area (Å²) in [6.45, 7) is 0.